The van der Waals surface area contributed by atoms with Gasteiger partial charge < -0.3 is 0 Å². The average molecular weight is 377 g/mol. The molecule has 134 valence electrons. The predicted octanol–water partition coefficient (Wildman–Crippen LogP) is 5.40. The molecule has 27 heavy (non-hydrogen) atoms. The Morgan fingerprint density at radius 2 is 1.37 bits per heavy atom. The highest BCUT2D eigenvalue weighted by atomic mass is 32.2. The second-order valence-corrected chi connectivity index (χ2v) is 7.82. The van der Waals surface area contributed by atoms with Gasteiger partial charge in [-0.05, 0) is 47.0 Å². The standard InChI is InChI=1S/C22H16FNO2S/c23-18-10-7-9-17(14-18)22-20-13-6-1-3-8-16(20)15-21(22)24-27(25,26)19-11-4-2-5-12-19/h1-15,24H. The summed E-state index contributed by atoms with van der Waals surface area (Å²) in [6, 6.07) is 25.5. The summed E-state index contributed by atoms with van der Waals surface area (Å²) in [5.41, 5.74) is 3.40. The third kappa shape index (κ3) is 3.41. The van der Waals surface area contributed by atoms with E-state index in [4.69, 9.17) is 0 Å². The average Bonchev–Trinajstić information content (AvgIpc) is 2.82. The van der Waals surface area contributed by atoms with Crippen molar-refractivity contribution < 1.29 is 12.8 Å². The van der Waals surface area contributed by atoms with Crippen LogP contribution in [-0.2, 0) is 10.0 Å². The van der Waals surface area contributed by atoms with Crippen LogP contribution in [0.15, 0.2) is 95.9 Å². The highest BCUT2D eigenvalue weighted by molar-refractivity contribution is 7.92. The third-order valence-corrected chi connectivity index (χ3v) is 5.70. The summed E-state index contributed by atoms with van der Waals surface area (Å²) in [4.78, 5) is 0.172. The summed E-state index contributed by atoms with van der Waals surface area (Å²) in [6.07, 6.45) is 0. The molecular formula is C22H16FNO2S. The summed E-state index contributed by atoms with van der Waals surface area (Å²) in [7, 11) is -3.76. The molecule has 3 nitrogen and oxygen atoms in total. The van der Waals surface area contributed by atoms with E-state index in [1.807, 2.05) is 30.3 Å². The zero-order valence-corrected chi connectivity index (χ0v) is 15.1. The maximum absolute atomic E-state index is 13.8. The van der Waals surface area contributed by atoms with E-state index in [0.717, 1.165) is 11.1 Å². The molecule has 0 heterocycles. The number of nitrogens with one attached hydrogen (secondary N) is 1. The van der Waals surface area contributed by atoms with Gasteiger partial charge in [-0.1, -0.05) is 60.7 Å². The second kappa shape index (κ2) is 6.85. The van der Waals surface area contributed by atoms with E-state index >= 15 is 0 Å². The molecule has 2 aliphatic carbocycles. The van der Waals surface area contributed by atoms with Gasteiger partial charge in [-0.25, -0.2) is 12.8 Å². The lowest BCUT2D eigenvalue weighted by atomic mass is 10.0. The Labute approximate surface area is 157 Å². The van der Waals surface area contributed by atoms with Crippen molar-refractivity contribution in [2.45, 2.75) is 4.90 Å². The zero-order chi connectivity index (χ0) is 18.9. The monoisotopic (exact) mass is 377 g/mol. The van der Waals surface area contributed by atoms with Crippen LogP contribution in [-0.4, -0.2) is 8.42 Å². The number of sulfonamides is 1. The summed E-state index contributed by atoms with van der Waals surface area (Å²) in [5.74, 6) is -0.376. The second-order valence-electron chi connectivity index (χ2n) is 6.14. The normalized spacial score (nSPS) is 11.4. The van der Waals surface area contributed by atoms with E-state index < -0.39 is 10.0 Å². The third-order valence-electron chi connectivity index (χ3n) is 4.32. The van der Waals surface area contributed by atoms with Gasteiger partial charge in [0.15, 0.2) is 0 Å². The van der Waals surface area contributed by atoms with Gasteiger partial charge >= 0.3 is 0 Å². The van der Waals surface area contributed by atoms with Crippen LogP contribution in [0.1, 0.15) is 0 Å². The highest BCUT2D eigenvalue weighted by Gasteiger charge is 2.22. The van der Waals surface area contributed by atoms with Crippen molar-refractivity contribution in [2.75, 3.05) is 4.72 Å². The van der Waals surface area contributed by atoms with E-state index in [-0.39, 0.29) is 10.7 Å². The highest BCUT2D eigenvalue weighted by Crippen LogP contribution is 2.43. The van der Waals surface area contributed by atoms with Crippen LogP contribution in [0.2, 0.25) is 0 Å². The molecule has 4 rings (SSSR count). The number of hydrogen-bond acceptors (Lipinski definition) is 2. The molecule has 1 N–H and O–H groups in total. The number of hydrogen-bond donors (Lipinski definition) is 1. The van der Waals surface area contributed by atoms with Crippen LogP contribution < -0.4 is 4.72 Å². The summed E-state index contributed by atoms with van der Waals surface area (Å²) in [5, 5.41) is 0. The molecule has 2 aliphatic rings. The fourth-order valence-corrected chi connectivity index (χ4v) is 4.21. The van der Waals surface area contributed by atoms with Crippen LogP contribution in [0.5, 0.6) is 0 Å². The Bertz CT molecular complexity index is 1170. The van der Waals surface area contributed by atoms with Crippen molar-refractivity contribution >= 4 is 15.7 Å². The maximum atomic E-state index is 13.8. The Hall–Kier alpha value is -3.18. The van der Waals surface area contributed by atoms with Gasteiger partial charge in [0.2, 0.25) is 0 Å². The molecule has 2 aromatic carbocycles. The molecule has 0 amide bonds. The lowest BCUT2D eigenvalue weighted by molar-refractivity contribution is 0.601. The first-order valence-electron chi connectivity index (χ1n) is 8.40. The minimum Gasteiger partial charge on any atom is -0.279 e. The van der Waals surface area contributed by atoms with Gasteiger partial charge in [-0.15, -0.1) is 0 Å². The van der Waals surface area contributed by atoms with Crippen LogP contribution in [0.3, 0.4) is 0 Å². The largest absolute Gasteiger partial charge is 0.279 e. The van der Waals surface area contributed by atoms with Crippen molar-refractivity contribution in [1.82, 2.24) is 0 Å². The SMILES string of the molecule is O=S(=O)(Nc1cc2cccccc-2c1-c1cccc(F)c1)c1ccccc1. The van der Waals surface area contributed by atoms with Gasteiger partial charge in [0.05, 0.1) is 10.6 Å². The van der Waals surface area contributed by atoms with Crippen molar-refractivity contribution in [1.29, 1.82) is 0 Å². The first-order valence-corrected chi connectivity index (χ1v) is 9.88. The van der Waals surface area contributed by atoms with E-state index in [2.05, 4.69) is 4.72 Å². The van der Waals surface area contributed by atoms with Gasteiger partial charge in [-0.2, -0.15) is 0 Å². The lowest BCUT2D eigenvalue weighted by Gasteiger charge is -2.10. The lowest BCUT2D eigenvalue weighted by Crippen LogP contribution is -2.12. The minimum atomic E-state index is -3.76. The Kier molecular flexibility index (Phi) is 4.38. The predicted molar refractivity (Wildman–Crippen MR) is 106 cm³/mol. The minimum absolute atomic E-state index is 0.172. The van der Waals surface area contributed by atoms with Crippen molar-refractivity contribution in [3.05, 3.63) is 96.8 Å². The smallest absolute Gasteiger partial charge is 0.261 e. The number of rotatable bonds is 4. The molecule has 0 aromatic heterocycles. The number of benzene rings is 2. The molecule has 0 aliphatic heterocycles. The molecule has 0 radical (unpaired) electrons. The molecule has 0 bridgehead atoms. The van der Waals surface area contributed by atoms with Crippen LogP contribution in [0, 0.1) is 5.82 Å². The Balaban J connectivity index is 1.90. The van der Waals surface area contributed by atoms with Crippen molar-refractivity contribution in [3.8, 4) is 22.3 Å². The van der Waals surface area contributed by atoms with E-state index in [0.29, 0.717) is 16.8 Å². The topological polar surface area (TPSA) is 46.2 Å². The summed E-state index contributed by atoms with van der Waals surface area (Å²) < 4.78 is 42.1. The Morgan fingerprint density at radius 3 is 2.11 bits per heavy atom. The number of halogens is 1. The number of anilines is 1. The fraction of sp³-hybridized carbons (Fsp3) is 0. The summed E-state index contributed by atoms with van der Waals surface area (Å²) >= 11 is 0. The van der Waals surface area contributed by atoms with Gasteiger partial charge in [0.25, 0.3) is 10.0 Å². The quantitative estimate of drug-likeness (QED) is 0.518. The molecule has 0 unspecified atom stereocenters. The Morgan fingerprint density at radius 1 is 0.704 bits per heavy atom. The van der Waals surface area contributed by atoms with Crippen LogP contribution >= 0.6 is 0 Å². The molecule has 0 fully saturated rings. The zero-order valence-electron chi connectivity index (χ0n) is 14.3. The van der Waals surface area contributed by atoms with Crippen molar-refractivity contribution in [2.24, 2.45) is 0 Å². The molecular weight excluding hydrogens is 361 g/mol. The summed E-state index contributed by atoms with van der Waals surface area (Å²) in [6.45, 7) is 0. The van der Waals surface area contributed by atoms with E-state index in [1.54, 1.807) is 36.4 Å². The van der Waals surface area contributed by atoms with E-state index in [1.165, 1.54) is 24.3 Å². The van der Waals surface area contributed by atoms with Gasteiger partial charge in [0, 0.05) is 5.56 Å². The molecule has 5 heteroatoms. The van der Waals surface area contributed by atoms with Crippen LogP contribution in [0.25, 0.3) is 22.3 Å². The van der Waals surface area contributed by atoms with E-state index in [9.17, 15) is 12.8 Å². The number of fused-ring (bicyclic) bond motifs is 1. The molecule has 0 spiro atoms. The fourth-order valence-electron chi connectivity index (χ4n) is 3.13. The van der Waals surface area contributed by atoms with Crippen LogP contribution in [0.4, 0.5) is 10.1 Å². The molecule has 0 saturated carbocycles. The first kappa shape index (κ1) is 17.2. The van der Waals surface area contributed by atoms with Crippen molar-refractivity contribution in [3.63, 3.8) is 0 Å². The molecule has 2 aromatic rings. The first-order chi connectivity index (χ1) is 13.0. The van der Waals surface area contributed by atoms with Gasteiger partial charge in [0.1, 0.15) is 5.82 Å². The maximum Gasteiger partial charge on any atom is 0.261 e. The van der Waals surface area contributed by atoms with Gasteiger partial charge in [-0.3, -0.25) is 4.72 Å². The molecule has 0 saturated heterocycles. The molecule has 0 atom stereocenters.